The van der Waals surface area contributed by atoms with Crippen molar-refractivity contribution in [1.82, 2.24) is 24.9 Å². The van der Waals surface area contributed by atoms with E-state index in [0.717, 1.165) is 38.0 Å². The number of hydrogen-bond acceptors (Lipinski definition) is 3. The summed E-state index contributed by atoms with van der Waals surface area (Å²) in [5.74, 6) is 0.595. The van der Waals surface area contributed by atoms with Crippen LogP contribution in [0.25, 0.3) is 0 Å². The number of rotatable bonds is 3. The summed E-state index contributed by atoms with van der Waals surface area (Å²) in [5.41, 5.74) is 1.82. The van der Waals surface area contributed by atoms with E-state index in [4.69, 9.17) is 0 Å². The Hall–Kier alpha value is -2.11. The van der Waals surface area contributed by atoms with Gasteiger partial charge < -0.3 is 4.90 Å². The molecule has 6 heteroatoms. The van der Waals surface area contributed by atoms with Gasteiger partial charge in [0, 0.05) is 38.2 Å². The lowest BCUT2D eigenvalue weighted by atomic mass is 9.93. The van der Waals surface area contributed by atoms with Gasteiger partial charge in [-0.3, -0.25) is 14.6 Å². The fourth-order valence-electron chi connectivity index (χ4n) is 2.84. The van der Waals surface area contributed by atoms with Gasteiger partial charge in [0.25, 0.3) is 5.91 Å². The minimum Gasteiger partial charge on any atom is -0.338 e. The zero-order chi connectivity index (χ0) is 13.9. The number of nitrogens with zero attached hydrogens (tertiary/aromatic N) is 4. The third-order valence-corrected chi connectivity index (χ3v) is 3.83. The van der Waals surface area contributed by atoms with Gasteiger partial charge in [-0.15, -0.1) is 0 Å². The SMILES string of the molecule is Cn1cc(C(=O)N2CCC[C@@H](Cc3ccn[nH]3)C2)cn1. The van der Waals surface area contributed by atoms with Gasteiger partial charge in [-0.1, -0.05) is 0 Å². The second-order valence-corrected chi connectivity index (χ2v) is 5.45. The van der Waals surface area contributed by atoms with Crippen LogP contribution >= 0.6 is 0 Å². The molecule has 20 heavy (non-hydrogen) atoms. The molecule has 2 aromatic heterocycles. The Labute approximate surface area is 117 Å². The van der Waals surface area contributed by atoms with Gasteiger partial charge in [0.2, 0.25) is 0 Å². The minimum atomic E-state index is 0.0902. The molecule has 0 aromatic carbocycles. The lowest BCUT2D eigenvalue weighted by Crippen LogP contribution is -2.40. The number of hydrogen-bond donors (Lipinski definition) is 1. The molecule has 0 saturated carbocycles. The van der Waals surface area contributed by atoms with Crippen LogP contribution in [0.3, 0.4) is 0 Å². The van der Waals surface area contributed by atoms with Crippen molar-refractivity contribution in [2.24, 2.45) is 13.0 Å². The Bertz CT molecular complexity index is 574. The largest absolute Gasteiger partial charge is 0.338 e. The van der Waals surface area contributed by atoms with Crippen LogP contribution in [-0.2, 0) is 13.5 Å². The molecule has 1 aliphatic heterocycles. The highest BCUT2D eigenvalue weighted by molar-refractivity contribution is 5.93. The summed E-state index contributed by atoms with van der Waals surface area (Å²) < 4.78 is 1.67. The highest BCUT2D eigenvalue weighted by Crippen LogP contribution is 2.21. The molecule has 1 atom stereocenters. The van der Waals surface area contributed by atoms with Gasteiger partial charge in [-0.2, -0.15) is 10.2 Å². The van der Waals surface area contributed by atoms with E-state index in [-0.39, 0.29) is 5.91 Å². The molecule has 3 heterocycles. The Morgan fingerprint density at radius 3 is 3.15 bits per heavy atom. The van der Waals surface area contributed by atoms with Crippen LogP contribution in [0.4, 0.5) is 0 Å². The van der Waals surface area contributed by atoms with Crippen molar-refractivity contribution < 1.29 is 4.79 Å². The van der Waals surface area contributed by atoms with E-state index >= 15 is 0 Å². The molecule has 1 aliphatic rings. The summed E-state index contributed by atoms with van der Waals surface area (Å²) >= 11 is 0. The fraction of sp³-hybridized carbons (Fsp3) is 0.500. The van der Waals surface area contributed by atoms with Crippen LogP contribution < -0.4 is 0 Å². The van der Waals surface area contributed by atoms with E-state index in [0.29, 0.717) is 11.5 Å². The first-order valence-electron chi connectivity index (χ1n) is 6.98. The molecule has 0 spiro atoms. The predicted octanol–water partition coefficient (Wildman–Crippen LogP) is 1.24. The molecule has 1 fully saturated rings. The Kier molecular flexibility index (Phi) is 3.54. The van der Waals surface area contributed by atoms with E-state index in [1.165, 1.54) is 0 Å². The van der Waals surface area contributed by atoms with Crippen molar-refractivity contribution in [3.63, 3.8) is 0 Å². The van der Waals surface area contributed by atoms with Crippen molar-refractivity contribution in [2.45, 2.75) is 19.3 Å². The summed E-state index contributed by atoms with van der Waals surface area (Å²) in [4.78, 5) is 14.4. The number of aryl methyl sites for hydroxylation is 1. The van der Waals surface area contributed by atoms with E-state index in [2.05, 4.69) is 15.3 Å². The second-order valence-electron chi connectivity index (χ2n) is 5.45. The van der Waals surface area contributed by atoms with Crippen LogP contribution in [0.1, 0.15) is 28.9 Å². The maximum Gasteiger partial charge on any atom is 0.257 e. The molecule has 0 bridgehead atoms. The maximum absolute atomic E-state index is 12.4. The quantitative estimate of drug-likeness (QED) is 0.915. The summed E-state index contributed by atoms with van der Waals surface area (Å²) in [6, 6.07) is 2.00. The molecule has 6 nitrogen and oxygen atoms in total. The molecular weight excluding hydrogens is 254 g/mol. The summed E-state index contributed by atoms with van der Waals surface area (Å²) in [6.07, 6.45) is 8.37. The molecule has 3 rings (SSSR count). The van der Waals surface area contributed by atoms with Crippen molar-refractivity contribution in [1.29, 1.82) is 0 Å². The molecular formula is C14H19N5O. The highest BCUT2D eigenvalue weighted by atomic mass is 16.2. The third-order valence-electron chi connectivity index (χ3n) is 3.83. The highest BCUT2D eigenvalue weighted by Gasteiger charge is 2.25. The molecule has 1 amide bonds. The van der Waals surface area contributed by atoms with Crippen LogP contribution in [0.5, 0.6) is 0 Å². The molecule has 0 aliphatic carbocycles. The first kappa shape index (κ1) is 12.9. The van der Waals surface area contributed by atoms with Crippen LogP contribution in [0.15, 0.2) is 24.7 Å². The number of aromatic amines is 1. The molecule has 0 radical (unpaired) electrons. The van der Waals surface area contributed by atoms with Gasteiger partial charge in [-0.25, -0.2) is 0 Å². The topological polar surface area (TPSA) is 66.8 Å². The maximum atomic E-state index is 12.4. The van der Waals surface area contributed by atoms with Gasteiger partial charge in [-0.05, 0) is 31.2 Å². The van der Waals surface area contributed by atoms with Crippen molar-refractivity contribution in [3.8, 4) is 0 Å². The van der Waals surface area contributed by atoms with E-state index in [1.807, 2.05) is 18.0 Å². The van der Waals surface area contributed by atoms with Crippen LogP contribution in [0, 0.1) is 5.92 Å². The fourth-order valence-corrected chi connectivity index (χ4v) is 2.84. The molecule has 1 saturated heterocycles. The molecule has 2 aromatic rings. The van der Waals surface area contributed by atoms with E-state index < -0.39 is 0 Å². The number of carbonyl (C=O) groups excluding carboxylic acids is 1. The first-order valence-corrected chi connectivity index (χ1v) is 6.98. The number of piperidine rings is 1. The summed E-state index contributed by atoms with van der Waals surface area (Å²) in [5, 5.41) is 11.0. The molecule has 1 N–H and O–H groups in total. The normalized spacial score (nSPS) is 19.2. The van der Waals surface area contributed by atoms with Crippen molar-refractivity contribution >= 4 is 5.91 Å². The summed E-state index contributed by atoms with van der Waals surface area (Å²) in [7, 11) is 1.83. The number of amides is 1. The van der Waals surface area contributed by atoms with Crippen LogP contribution in [0.2, 0.25) is 0 Å². The van der Waals surface area contributed by atoms with Crippen molar-refractivity contribution in [2.75, 3.05) is 13.1 Å². The molecule has 0 unspecified atom stereocenters. The van der Waals surface area contributed by atoms with E-state index in [9.17, 15) is 4.79 Å². The van der Waals surface area contributed by atoms with Gasteiger partial charge in [0.05, 0.1) is 11.8 Å². The minimum absolute atomic E-state index is 0.0902. The average Bonchev–Trinajstić information content (AvgIpc) is 3.10. The van der Waals surface area contributed by atoms with Gasteiger partial charge in [0.1, 0.15) is 0 Å². The third kappa shape index (κ3) is 2.74. The smallest absolute Gasteiger partial charge is 0.257 e. The molecule has 106 valence electrons. The number of aromatic nitrogens is 4. The van der Waals surface area contributed by atoms with Crippen LogP contribution in [-0.4, -0.2) is 43.9 Å². The average molecular weight is 273 g/mol. The monoisotopic (exact) mass is 273 g/mol. The second kappa shape index (κ2) is 5.48. The Morgan fingerprint density at radius 1 is 1.55 bits per heavy atom. The Balaban J connectivity index is 1.64. The zero-order valence-electron chi connectivity index (χ0n) is 11.6. The number of nitrogens with one attached hydrogen (secondary N) is 1. The number of H-pyrrole nitrogens is 1. The first-order chi connectivity index (χ1) is 9.72. The summed E-state index contributed by atoms with van der Waals surface area (Å²) in [6.45, 7) is 1.65. The zero-order valence-corrected chi connectivity index (χ0v) is 11.6. The lowest BCUT2D eigenvalue weighted by molar-refractivity contribution is 0.0672. The predicted molar refractivity (Wildman–Crippen MR) is 74.1 cm³/mol. The van der Waals surface area contributed by atoms with Gasteiger partial charge in [0.15, 0.2) is 0 Å². The number of carbonyl (C=O) groups is 1. The number of likely N-dealkylation sites (tertiary alicyclic amines) is 1. The van der Waals surface area contributed by atoms with Gasteiger partial charge >= 0.3 is 0 Å². The standard InChI is InChI=1S/C14H19N5O/c1-18-10-12(8-16-18)14(20)19-6-2-3-11(9-19)7-13-4-5-15-17-13/h4-5,8,10-11H,2-3,6-7,9H2,1H3,(H,15,17)/t11-/m0/s1. The lowest BCUT2D eigenvalue weighted by Gasteiger charge is -2.32. The van der Waals surface area contributed by atoms with Crippen molar-refractivity contribution in [3.05, 3.63) is 35.9 Å². The van der Waals surface area contributed by atoms with E-state index in [1.54, 1.807) is 23.3 Å². The Morgan fingerprint density at radius 2 is 2.45 bits per heavy atom.